The molecular formula is C24H23F3N4O2. The van der Waals surface area contributed by atoms with Crippen molar-refractivity contribution in [2.45, 2.75) is 19.0 Å². The fourth-order valence-corrected chi connectivity index (χ4v) is 4.30. The van der Waals surface area contributed by atoms with Crippen molar-refractivity contribution in [1.29, 1.82) is 5.26 Å². The van der Waals surface area contributed by atoms with E-state index in [-0.39, 0.29) is 17.4 Å². The van der Waals surface area contributed by atoms with Crippen molar-refractivity contribution in [3.8, 4) is 6.07 Å². The molecule has 2 aliphatic heterocycles. The van der Waals surface area contributed by atoms with Crippen LogP contribution in [0.2, 0.25) is 0 Å². The number of nitrogens with zero attached hydrogens (tertiary/aromatic N) is 4. The lowest BCUT2D eigenvalue weighted by atomic mass is 10.1. The van der Waals surface area contributed by atoms with Crippen LogP contribution in [0.3, 0.4) is 0 Å². The fraction of sp³-hybridized carbons (Fsp3) is 0.375. The number of carbonyl (C=O) groups is 2. The third-order valence-electron chi connectivity index (χ3n) is 6.10. The normalized spacial score (nSPS) is 16.8. The number of alkyl halides is 3. The second-order valence-corrected chi connectivity index (χ2v) is 8.22. The van der Waals surface area contributed by atoms with Crippen molar-refractivity contribution in [3.63, 3.8) is 0 Å². The standard InChI is InChI=1S/C24H23F3N4O2/c25-24(26,27)18-13-17(16-28)14-19(15-18)30-11-9-29(10-12-30)7-3-4-8-31-22(32)20-5-1-2-6-21(20)23(31)33/h1-2,5-6,13-15H,3-4,7-12H2. The quantitative estimate of drug-likeness (QED) is 0.489. The summed E-state index contributed by atoms with van der Waals surface area (Å²) in [6, 6.07) is 12.1. The average molecular weight is 456 g/mol. The molecule has 0 unspecified atom stereocenters. The maximum Gasteiger partial charge on any atom is 0.416 e. The minimum atomic E-state index is -4.50. The number of benzene rings is 2. The van der Waals surface area contributed by atoms with Crippen LogP contribution in [0.5, 0.6) is 0 Å². The summed E-state index contributed by atoms with van der Waals surface area (Å²) >= 11 is 0. The van der Waals surface area contributed by atoms with Crippen LogP contribution >= 0.6 is 0 Å². The van der Waals surface area contributed by atoms with Gasteiger partial charge in [-0.3, -0.25) is 19.4 Å². The summed E-state index contributed by atoms with van der Waals surface area (Å²) in [4.78, 5) is 30.2. The second-order valence-electron chi connectivity index (χ2n) is 8.22. The molecule has 4 rings (SSSR count). The summed E-state index contributed by atoms with van der Waals surface area (Å²) in [5, 5.41) is 9.09. The lowest BCUT2D eigenvalue weighted by molar-refractivity contribution is -0.137. The third-order valence-corrected chi connectivity index (χ3v) is 6.10. The van der Waals surface area contributed by atoms with E-state index in [2.05, 4.69) is 4.90 Å². The van der Waals surface area contributed by atoms with Crippen molar-refractivity contribution >= 4 is 17.5 Å². The molecule has 0 N–H and O–H groups in total. The van der Waals surface area contributed by atoms with Gasteiger partial charge in [0.15, 0.2) is 0 Å². The van der Waals surface area contributed by atoms with Crippen molar-refractivity contribution in [2.24, 2.45) is 0 Å². The van der Waals surface area contributed by atoms with E-state index in [1.54, 1.807) is 24.3 Å². The first-order valence-corrected chi connectivity index (χ1v) is 10.8. The topological polar surface area (TPSA) is 67.7 Å². The van der Waals surface area contributed by atoms with Crippen molar-refractivity contribution in [2.75, 3.05) is 44.2 Å². The molecular weight excluding hydrogens is 433 g/mol. The van der Waals surface area contributed by atoms with E-state index >= 15 is 0 Å². The van der Waals surface area contributed by atoms with Gasteiger partial charge in [0.05, 0.1) is 28.3 Å². The number of carbonyl (C=O) groups excluding carboxylic acids is 2. The second kappa shape index (κ2) is 9.24. The molecule has 0 spiro atoms. The predicted octanol–water partition coefficient (Wildman–Crippen LogP) is 3.78. The van der Waals surface area contributed by atoms with Gasteiger partial charge in [-0.1, -0.05) is 12.1 Å². The summed E-state index contributed by atoms with van der Waals surface area (Å²) in [7, 11) is 0. The Kier molecular flexibility index (Phi) is 6.38. The van der Waals surface area contributed by atoms with Gasteiger partial charge in [-0.25, -0.2) is 0 Å². The van der Waals surface area contributed by atoms with Crippen LogP contribution in [0.15, 0.2) is 42.5 Å². The van der Waals surface area contributed by atoms with Gasteiger partial charge in [-0.05, 0) is 49.7 Å². The van der Waals surface area contributed by atoms with Crippen LogP contribution in [0.25, 0.3) is 0 Å². The van der Waals surface area contributed by atoms with E-state index in [9.17, 15) is 22.8 Å². The summed E-state index contributed by atoms with van der Waals surface area (Å²) in [6.45, 7) is 3.64. The Bertz CT molecular complexity index is 1070. The highest BCUT2D eigenvalue weighted by Crippen LogP contribution is 2.33. The molecule has 0 bridgehead atoms. The Hall–Kier alpha value is -3.38. The number of halogens is 3. The molecule has 172 valence electrons. The van der Waals surface area contributed by atoms with E-state index in [0.29, 0.717) is 56.0 Å². The molecule has 2 amide bonds. The summed E-state index contributed by atoms with van der Waals surface area (Å²) in [5.41, 5.74) is 0.495. The average Bonchev–Trinajstić information content (AvgIpc) is 3.06. The van der Waals surface area contributed by atoms with Crippen LogP contribution < -0.4 is 4.90 Å². The zero-order valence-corrected chi connectivity index (χ0v) is 17.9. The zero-order valence-electron chi connectivity index (χ0n) is 17.9. The molecule has 33 heavy (non-hydrogen) atoms. The molecule has 2 aromatic rings. The van der Waals surface area contributed by atoms with Crippen molar-refractivity contribution in [3.05, 3.63) is 64.7 Å². The number of unbranched alkanes of at least 4 members (excludes halogenated alkanes) is 1. The predicted molar refractivity (Wildman–Crippen MR) is 116 cm³/mol. The van der Waals surface area contributed by atoms with Crippen molar-refractivity contribution < 1.29 is 22.8 Å². The minimum Gasteiger partial charge on any atom is -0.369 e. The van der Waals surface area contributed by atoms with E-state index in [0.717, 1.165) is 25.1 Å². The molecule has 2 aromatic carbocycles. The largest absolute Gasteiger partial charge is 0.416 e. The number of nitriles is 1. The number of hydrogen-bond donors (Lipinski definition) is 0. The van der Waals surface area contributed by atoms with Gasteiger partial charge in [0.25, 0.3) is 11.8 Å². The van der Waals surface area contributed by atoms with Crippen LogP contribution in [0.4, 0.5) is 18.9 Å². The van der Waals surface area contributed by atoms with Crippen molar-refractivity contribution in [1.82, 2.24) is 9.80 Å². The Morgan fingerprint density at radius 1 is 0.879 bits per heavy atom. The van der Waals surface area contributed by atoms with E-state index < -0.39 is 11.7 Å². The van der Waals surface area contributed by atoms with Crippen LogP contribution in [-0.4, -0.2) is 60.9 Å². The monoisotopic (exact) mass is 456 g/mol. The fourth-order valence-electron chi connectivity index (χ4n) is 4.30. The molecule has 6 nitrogen and oxygen atoms in total. The van der Waals surface area contributed by atoms with Gasteiger partial charge in [-0.15, -0.1) is 0 Å². The van der Waals surface area contributed by atoms with Crippen LogP contribution in [0.1, 0.15) is 44.7 Å². The Balaban J connectivity index is 1.25. The number of hydrogen-bond acceptors (Lipinski definition) is 5. The number of rotatable bonds is 6. The molecule has 0 radical (unpaired) electrons. The smallest absolute Gasteiger partial charge is 0.369 e. The molecule has 0 aliphatic carbocycles. The van der Waals surface area contributed by atoms with Gasteiger partial charge in [0.2, 0.25) is 0 Å². The van der Waals surface area contributed by atoms with Gasteiger partial charge in [0.1, 0.15) is 0 Å². The minimum absolute atomic E-state index is 0.00425. The van der Waals surface area contributed by atoms with Gasteiger partial charge < -0.3 is 4.90 Å². The molecule has 9 heteroatoms. The molecule has 0 saturated carbocycles. The molecule has 2 heterocycles. The van der Waals surface area contributed by atoms with E-state index in [1.807, 2.05) is 11.0 Å². The zero-order chi connectivity index (χ0) is 23.6. The lowest BCUT2D eigenvalue weighted by Gasteiger charge is -2.36. The third kappa shape index (κ3) is 4.86. The maximum absolute atomic E-state index is 13.1. The van der Waals surface area contributed by atoms with Gasteiger partial charge >= 0.3 is 6.18 Å². The number of anilines is 1. The van der Waals surface area contributed by atoms with Gasteiger partial charge in [0, 0.05) is 38.4 Å². The van der Waals surface area contributed by atoms with Gasteiger partial charge in [-0.2, -0.15) is 18.4 Å². The molecule has 0 aromatic heterocycles. The molecule has 1 fully saturated rings. The first-order valence-electron chi connectivity index (χ1n) is 10.8. The summed E-state index contributed by atoms with van der Waals surface area (Å²) < 4.78 is 39.4. The first kappa shape index (κ1) is 22.8. The number of imide groups is 1. The number of fused-ring (bicyclic) bond motifs is 1. The molecule has 0 atom stereocenters. The summed E-state index contributed by atoms with van der Waals surface area (Å²) in [6.07, 6.45) is -3.01. The Morgan fingerprint density at radius 3 is 2.06 bits per heavy atom. The number of amides is 2. The molecule has 2 aliphatic rings. The Morgan fingerprint density at radius 2 is 1.48 bits per heavy atom. The van der Waals surface area contributed by atoms with Crippen LogP contribution in [-0.2, 0) is 6.18 Å². The first-order chi connectivity index (χ1) is 15.8. The highest BCUT2D eigenvalue weighted by atomic mass is 19.4. The highest BCUT2D eigenvalue weighted by Gasteiger charge is 2.34. The maximum atomic E-state index is 13.1. The van der Waals surface area contributed by atoms with E-state index in [4.69, 9.17) is 5.26 Å². The Labute approximate surface area is 189 Å². The summed E-state index contributed by atoms with van der Waals surface area (Å²) in [5.74, 6) is -0.496. The SMILES string of the molecule is N#Cc1cc(N2CCN(CCCCN3C(=O)c4ccccc4C3=O)CC2)cc(C(F)(F)F)c1. The highest BCUT2D eigenvalue weighted by molar-refractivity contribution is 6.21. The molecule has 1 saturated heterocycles. The number of piperazine rings is 1. The van der Waals surface area contributed by atoms with E-state index in [1.165, 1.54) is 11.0 Å². The van der Waals surface area contributed by atoms with Crippen LogP contribution in [0, 0.1) is 11.3 Å². The lowest BCUT2D eigenvalue weighted by Crippen LogP contribution is -2.46.